The van der Waals surface area contributed by atoms with E-state index in [0.717, 1.165) is 24.3 Å². The van der Waals surface area contributed by atoms with Crippen LogP contribution in [0.3, 0.4) is 0 Å². The third kappa shape index (κ3) is 7.80. The fourth-order valence-corrected chi connectivity index (χ4v) is 1.52. The summed E-state index contributed by atoms with van der Waals surface area (Å²) in [7, 11) is 0. The van der Waals surface area contributed by atoms with Crippen LogP contribution >= 0.6 is 0 Å². The van der Waals surface area contributed by atoms with Gasteiger partial charge in [-0.3, -0.25) is 4.98 Å². The lowest BCUT2D eigenvalue weighted by Gasteiger charge is -2.19. The minimum Gasteiger partial charge on any atom is -0.385 e. The summed E-state index contributed by atoms with van der Waals surface area (Å²) in [5.41, 5.74) is 1.93. The maximum absolute atomic E-state index is 5.59. The summed E-state index contributed by atoms with van der Waals surface area (Å²) in [6, 6.07) is 4.00. The van der Waals surface area contributed by atoms with Crippen LogP contribution in [0.5, 0.6) is 0 Å². The van der Waals surface area contributed by atoms with Gasteiger partial charge in [-0.1, -0.05) is 6.92 Å². The average molecular weight is 266 g/mol. The number of aromatic nitrogens is 1. The molecule has 0 saturated carbocycles. The van der Waals surface area contributed by atoms with Gasteiger partial charge in [-0.15, -0.1) is 0 Å². The molecular weight excluding hydrogens is 240 g/mol. The Morgan fingerprint density at radius 1 is 1.26 bits per heavy atom. The molecule has 0 fully saturated rings. The maximum atomic E-state index is 5.59. The van der Waals surface area contributed by atoms with Gasteiger partial charge in [0.05, 0.1) is 31.1 Å². The molecule has 4 heteroatoms. The Bertz CT molecular complexity index is 361. The van der Waals surface area contributed by atoms with Crippen LogP contribution < -0.4 is 5.32 Å². The Hall–Kier alpha value is -1.13. The minimum absolute atomic E-state index is 0.106. The Kier molecular flexibility index (Phi) is 6.81. The first-order valence-corrected chi connectivity index (χ1v) is 6.92. The van der Waals surface area contributed by atoms with Crippen LogP contribution in [-0.4, -0.2) is 30.3 Å². The van der Waals surface area contributed by atoms with Crippen LogP contribution in [0.2, 0.25) is 0 Å². The summed E-state index contributed by atoms with van der Waals surface area (Å²) in [5, 5.41) is 3.34. The SMILES string of the molecule is CCCNc1ccnc(COCCOC(C)(C)C)c1. The highest BCUT2D eigenvalue weighted by molar-refractivity contribution is 5.42. The first kappa shape index (κ1) is 15.9. The molecule has 0 amide bonds. The normalized spacial score (nSPS) is 11.6. The van der Waals surface area contributed by atoms with Crippen molar-refractivity contribution in [3.63, 3.8) is 0 Å². The Morgan fingerprint density at radius 2 is 2.05 bits per heavy atom. The van der Waals surface area contributed by atoms with E-state index in [1.54, 1.807) is 0 Å². The maximum Gasteiger partial charge on any atom is 0.0889 e. The van der Waals surface area contributed by atoms with Gasteiger partial charge in [-0.25, -0.2) is 0 Å². The van der Waals surface area contributed by atoms with Crippen molar-refractivity contribution in [2.45, 2.75) is 46.3 Å². The summed E-state index contributed by atoms with van der Waals surface area (Å²) in [4.78, 5) is 4.29. The molecular formula is C15H26N2O2. The van der Waals surface area contributed by atoms with Crippen LogP contribution in [0, 0.1) is 0 Å². The zero-order chi connectivity index (χ0) is 14.1. The van der Waals surface area contributed by atoms with E-state index < -0.39 is 0 Å². The smallest absolute Gasteiger partial charge is 0.0889 e. The van der Waals surface area contributed by atoms with Gasteiger partial charge in [0.15, 0.2) is 0 Å². The summed E-state index contributed by atoms with van der Waals surface area (Å²) in [6.07, 6.45) is 2.92. The molecule has 0 atom stereocenters. The second kappa shape index (κ2) is 8.12. The lowest BCUT2D eigenvalue weighted by molar-refractivity contribution is -0.0380. The molecule has 108 valence electrons. The van der Waals surface area contributed by atoms with Crippen LogP contribution in [0.25, 0.3) is 0 Å². The van der Waals surface area contributed by atoms with Crippen molar-refractivity contribution in [2.24, 2.45) is 0 Å². The number of hydrogen-bond donors (Lipinski definition) is 1. The van der Waals surface area contributed by atoms with E-state index in [9.17, 15) is 0 Å². The molecule has 0 unspecified atom stereocenters. The molecule has 0 bridgehead atoms. The van der Waals surface area contributed by atoms with E-state index in [1.807, 2.05) is 39.1 Å². The second-order valence-electron chi connectivity index (χ2n) is 5.48. The quantitative estimate of drug-likeness (QED) is 0.734. The van der Waals surface area contributed by atoms with Gasteiger partial charge >= 0.3 is 0 Å². The number of pyridine rings is 1. The fraction of sp³-hybridized carbons (Fsp3) is 0.667. The summed E-state index contributed by atoms with van der Waals surface area (Å²) < 4.78 is 11.1. The molecule has 0 aliphatic rings. The number of nitrogens with one attached hydrogen (secondary N) is 1. The van der Waals surface area contributed by atoms with Crippen molar-refractivity contribution in [2.75, 3.05) is 25.1 Å². The highest BCUT2D eigenvalue weighted by Crippen LogP contribution is 2.09. The molecule has 1 N–H and O–H groups in total. The predicted molar refractivity (Wildman–Crippen MR) is 78.4 cm³/mol. The number of hydrogen-bond acceptors (Lipinski definition) is 4. The predicted octanol–water partition coefficient (Wildman–Crippen LogP) is 3.24. The molecule has 0 spiro atoms. The van der Waals surface area contributed by atoms with Crippen LogP contribution in [0.4, 0.5) is 5.69 Å². The molecule has 19 heavy (non-hydrogen) atoms. The van der Waals surface area contributed by atoms with Crippen molar-refractivity contribution < 1.29 is 9.47 Å². The van der Waals surface area contributed by atoms with Crippen LogP contribution in [-0.2, 0) is 16.1 Å². The van der Waals surface area contributed by atoms with E-state index in [0.29, 0.717) is 19.8 Å². The number of rotatable bonds is 8. The van der Waals surface area contributed by atoms with Crippen molar-refractivity contribution >= 4 is 5.69 Å². The minimum atomic E-state index is -0.106. The van der Waals surface area contributed by atoms with Crippen LogP contribution in [0.1, 0.15) is 39.8 Å². The summed E-state index contributed by atoms with van der Waals surface area (Å²) >= 11 is 0. The van der Waals surface area contributed by atoms with Crippen LogP contribution in [0.15, 0.2) is 18.3 Å². The van der Waals surface area contributed by atoms with E-state index in [1.165, 1.54) is 0 Å². The number of anilines is 1. The molecule has 1 heterocycles. The van der Waals surface area contributed by atoms with E-state index >= 15 is 0 Å². The summed E-state index contributed by atoms with van der Waals surface area (Å²) in [6.45, 7) is 11.0. The van der Waals surface area contributed by atoms with Gasteiger partial charge in [-0.05, 0) is 39.3 Å². The molecule has 0 aliphatic heterocycles. The molecule has 1 aromatic rings. The van der Waals surface area contributed by atoms with Gasteiger partial charge in [-0.2, -0.15) is 0 Å². The van der Waals surface area contributed by atoms with Crippen molar-refractivity contribution in [3.8, 4) is 0 Å². The van der Waals surface area contributed by atoms with Gasteiger partial charge in [0.1, 0.15) is 0 Å². The van der Waals surface area contributed by atoms with Crippen molar-refractivity contribution in [1.82, 2.24) is 4.98 Å². The second-order valence-corrected chi connectivity index (χ2v) is 5.48. The molecule has 0 aliphatic carbocycles. The molecule has 0 radical (unpaired) electrons. The Labute approximate surface area is 116 Å². The van der Waals surface area contributed by atoms with E-state index in [2.05, 4.69) is 17.2 Å². The lowest BCUT2D eigenvalue weighted by Crippen LogP contribution is -2.21. The third-order valence-corrected chi connectivity index (χ3v) is 2.41. The van der Waals surface area contributed by atoms with Gasteiger partial charge in [0.25, 0.3) is 0 Å². The van der Waals surface area contributed by atoms with Crippen molar-refractivity contribution in [1.29, 1.82) is 0 Å². The standard InChI is InChI=1S/C15H26N2O2/c1-5-7-16-13-6-8-17-14(11-13)12-18-9-10-19-15(2,3)4/h6,8,11H,5,7,9-10,12H2,1-4H3,(H,16,17). The third-order valence-electron chi connectivity index (χ3n) is 2.41. The largest absolute Gasteiger partial charge is 0.385 e. The molecule has 1 rings (SSSR count). The van der Waals surface area contributed by atoms with Gasteiger partial charge in [0.2, 0.25) is 0 Å². The van der Waals surface area contributed by atoms with Crippen molar-refractivity contribution in [3.05, 3.63) is 24.0 Å². The highest BCUT2D eigenvalue weighted by Gasteiger charge is 2.08. The van der Waals surface area contributed by atoms with E-state index in [-0.39, 0.29) is 5.60 Å². The lowest BCUT2D eigenvalue weighted by atomic mass is 10.2. The monoisotopic (exact) mass is 266 g/mol. The Morgan fingerprint density at radius 3 is 2.74 bits per heavy atom. The Balaban J connectivity index is 2.25. The number of nitrogens with zero attached hydrogens (tertiary/aromatic N) is 1. The van der Waals surface area contributed by atoms with E-state index in [4.69, 9.17) is 9.47 Å². The van der Waals surface area contributed by atoms with Gasteiger partial charge < -0.3 is 14.8 Å². The molecule has 0 aromatic carbocycles. The zero-order valence-electron chi connectivity index (χ0n) is 12.5. The first-order chi connectivity index (χ1) is 9.01. The fourth-order valence-electron chi connectivity index (χ4n) is 1.52. The highest BCUT2D eigenvalue weighted by atomic mass is 16.5. The average Bonchev–Trinajstić information content (AvgIpc) is 2.35. The zero-order valence-corrected chi connectivity index (χ0v) is 12.5. The molecule has 0 saturated heterocycles. The summed E-state index contributed by atoms with van der Waals surface area (Å²) in [5.74, 6) is 0. The molecule has 1 aromatic heterocycles. The van der Waals surface area contributed by atoms with Gasteiger partial charge in [0, 0.05) is 18.4 Å². The number of ether oxygens (including phenoxy) is 2. The topological polar surface area (TPSA) is 43.4 Å². The molecule has 4 nitrogen and oxygen atoms in total. The first-order valence-electron chi connectivity index (χ1n) is 6.92.